The molecule has 2 aromatic carbocycles. The molecule has 28 heavy (non-hydrogen) atoms. The molecule has 0 saturated carbocycles. The number of piperazine rings is 1. The Morgan fingerprint density at radius 1 is 0.857 bits per heavy atom. The lowest BCUT2D eigenvalue weighted by atomic mass is 10.2. The summed E-state index contributed by atoms with van der Waals surface area (Å²) in [5.41, 5.74) is 1.12. The minimum atomic E-state index is -3.49. The minimum Gasteiger partial charge on any atom is -0.347 e. The van der Waals surface area contributed by atoms with Gasteiger partial charge in [-0.25, -0.2) is 8.42 Å². The van der Waals surface area contributed by atoms with Gasteiger partial charge in [-0.05, 0) is 29.7 Å². The Bertz CT molecular complexity index is 1070. The fourth-order valence-corrected chi connectivity index (χ4v) is 5.07. The molecule has 1 amide bonds. The second-order valence-corrected chi connectivity index (χ2v) is 8.85. The fraction of sp³-hybridized carbons (Fsp3) is 0.286. The van der Waals surface area contributed by atoms with E-state index in [1.165, 1.54) is 4.31 Å². The van der Waals surface area contributed by atoms with Gasteiger partial charge in [-0.15, -0.1) is 0 Å². The van der Waals surface area contributed by atoms with Crippen LogP contribution in [-0.4, -0.2) is 54.3 Å². The highest BCUT2D eigenvalue weighted by atomic mass is 32.2. The summed E-state index contributed by atoms with van der Waals surface area (Å²) in [5.74, 6) is 0.0644. The van der Waals surface area contributed by atoms with Gasteiger partial charge in [0, 0.05) is 50.9 Å². The number of fused-ring (bicyclic) bond motifs is 1. The summed E-state index contributed by atoms with van der Waals surface area (Å²) in [6.45, 7) is 2.13. The van der Waals surface area contributed by atoms with Crippen molar-refractivity contribution < 1.29 is 13.2 Å². The van der Waals surface area contributed by atoms with Crippen molar-refractivity contribution in [2.75, 3.05) is 26.2 Å². The van der Waals surface area contributed by atoms with Crippen LogP contribution in [-0.2, 0) is 21.4 Å². The van der Waals surface area contributed by atoms with Crippen molar-refractivity contribution in [1.29, 1.82) is 0 Å². The Hall–Kier alpha value is -2.64. The van der Waals surface area contributed by atoms with Crippen molar-refractivity contribution in [3.8, 4) is 0 Å². The molecule has 0 N–H and O–H groups in total. The van der Waals surface area contributed by atoms with Crippen molar-refractivity contribution in [2.45, 2.75) is 17.9 Å². The predicted molar refractivity (Wildman–Crippen MR) is 108 cm³/mol. The Morgan fingerprint density at radius 3 is 2.29 bits per heavy atom. The van der Waals surface area contributed by atoms with Crippen LogP contribution in [0.4, 0.5) is 0 Å². The number of carbonyl (C=O) groups excluding carboxylic acids is 1. The van der Waals surface area contributed by atoms with Crippen LogP contribution in [0.2, 0.25) is 0 Å². The van der Waals surface area contributed by atoms with E-state index in [1.54, 1.807) is 35.2 Å². The van der Waals surface area contributed by atoms with Gasteiger partial charge in [-0.2, -0.15) is 4.31 Å². The average Bonchev–Trinajstić information content (AvgIpc) is 3.16. The van der Waals surface area contributed by atoms with E-state index in [-0.39, 0.29) is 5.91 Å². The van der Waals surface area contributed by atoms with Gasteiger partial charge < -0.3 is 9.47 Å². The number of rotatable bonds is 5. The SMILES string of the molecule is O=C(CCn1ccc2ccccc21)N1CCN(S(=O)(=O)c2ccccc2)CC1. The topological polar surface area (TPSA) is 62.6 Å². The van der Waals surface area contributed by atoms with E-state index in [4.69, 9.17) is 0 Å². The van der Waals surface area contributed by atoms with Crippen LogP contribution >= 0.6 is 0 Å². The monoisotopic (exact) mass is 397 g/mol. The van der Waals surface area contributed by atoms with Crippen LogP contribution in [0.25, 0.3) is 10.9 Å². The molecule has 0 atom stereocenters. The fourth-order valence-electron chi connectivity index (χ4n) is 3.63. The van der Waals surface area contributed by atoms with Crippen LogP contribution in [0.15, 0.2) is 71.8 Å². The smallest absolute Gasteiger partial charge is 0.243 e. The molecule has 0 radical (unpaired) electrons. The number of para-hydroxylation sites is 1. The maximum atomic E-state index is 12.7. The summed E-state index contributed by atoms with van der Waals surface area (Å²) < 4.78 is 28.9. The zero-order chi connectivity index (χ0) is 19.6. The molecule has 146 valence electrons. The van der Waals surface area contributed by atoms with E-state index in [0.29, 0.717) is 44.0 Å². The summed E-state index contributed by atoms with van der Waals surface area (Å²) >= 11 is 0. The molecule has 2 heterocycles. The number of hydrogen-bond acceptors (Lipinski definition) is 3. The number of amides is 1. The molecule has 1 saturated heterocycles. The predicted octanol–water partition coefficient (Wildman–Crippen LogP) is 2.56. The van der Waals surface area contributed by atoms with Gasteiger partial charge in [0.05, 0.1) is 4.90 Å². The third kappa shape index (κ3) is 3.68. The van der Waals surface area contributed by atoms with Crippen molar-refractivity contribution >= 4 is 26.8 Å². The van der Waals surface area contributed by atoms with E-state index < -0.39 is 10.0 Å². The highest BCUT2D eigenvalue weighted by molar-refractivity contribution is 7.89. The maximum Gasteiger partial charge on any atom is 0.243 e. The summed E-state index contributed by atoms with van der Waals surface area (Å²) in [7, 11) is -3.49. The zero-order valence-electron chi connectivity index (χ0n) is 15.6. The van der Waals surface area contributed by atoms with Crippen molar-refractivity contribution in [1.82, 2.24) is 13.8 Å². The second-order valence-electron chi connectivity index (χ2n) is 6.92. The lowest BCUT2D eigenvalue weighted by molar-refractivity contribution is -0.132. The number of aryl methyl sites for hydroxylation is 1. The Labute approximate surface area is 165 Å². The lowest BCUT2D eigenvalue weighted by Crippen LogP contribution is -2.50. The molecule has 1 aliphatic heterocycles. The number of carbonyl (C=O) groups is 1. The molecule has 0 unspecified atom stereocenters. The van der Waals surface area contributed by atoms with Crippen molar-refractivity contribution in [2.24, 2.45) is 0 Å². The number of sulfonamides is 1. The number of nitrogens with zero attached hydrogens (tertiary/aromatic N) is 3. The van der Waals surface area contributed by atoms with E-state index >= 15 is 0 Å². The molecule has 0 bridgehead atoms. The first kappa shape index (κ1) is 18.7. The molecular weight excluding hydrogens is 374 g/mol. The molecule has 6 nitrogen and oxygen atoms in total. The quantitative estimate of drug-likeness (QED) is 0.665. The molecule has 1 aliphatic rings. The Balaban J connectivity index is 1.34. The zero-order valence-corrected chi connectivity index (χ0v) is 16.4. The maximum absolute atomic E-state index is 12.7. The summed E-state index contributed by atoms with van der Waals surface area (Å²) in [4.78, 5) is 14.7. The second kappa shape index (κ2) is 7.77. The number of aromatic nitrogens is 1. The van der Waals surface area contributed by atoms with Crippen LogP contribution in [0, 0.1) is 0 Å². The number of hydrogen-bond donors (Lipinski definition) is 0. The minimum absolute atomic E-state index is 0.0644. The summed E-state index contributed by atoms with van der Waals surface area (Å²) in [6, 6.07) is 18.6. The van der Waals surface area contributed by atoms with Gasteiger partial charge in [-0.3, -0.25) is 4.79 Å². The highest BCUT2D eigenvalue weighted by Crippen LogP contribution is 2.18. The molecule has 7 heteroatoms. The molecule has 1 fully saturated rings. The Kier molecular flexibility index (Phi) is 5.19. The Morgan fingerprint density at radius 2 is 1.54 bits per heavy atom. The van der Waals surface area contributed by atoms with E-state index in [2.05, 4.69) is 10.6 Å². The molecule has 4 rings (SSSR count). The first-order valence-electron chi connectivity index (χ1n) is 9.42. The summed E-state index contributed by atoms with van der Waals surface area (Å²) in [6.07, 6.45) is 2.41. The lowest BCUT2D eigenvalue weighted by Gasteiger charge is -2.34. The van der Waals surface area contributed by atoms with Gasteiger partial charge in [-0.1, -0.05) is 36.4 Å². The van der Waals surface area contributed by atoms with Gasteiger partial charge in [0.25, 0.3) is 0 Å². The van der Waals surface area contributed by atoms with Gasteiger partial charge in [0.2, 0.25) is 15.9 Å². The number of benzene rings is 2. The molecule has 3 aromatic rings. The first-order chi connectivity index (χ1) is 13.6. The van der Waals surface area contributed by atoms with E-state index in [9.17, 15) is 13.2 Å². The largest absolute Gasteiger partial charge is 0.347 e. The average molecular weight is 398 g/mol. The molecule has 1 aromatic heterocycles. The molecule has 0 aliphatic carbocycles. The van der Waals surface area contributed by atoms with Crippen LogP contribution in [0.1, 0.15) is 6.42 Å². The molecular formula is C21H23N3O3S. The van der Waals surface area contributed by atoms with Crippen molar-refractivity contribution in [3.63, 3.8) is 0 Å². The van der Waals surface area contributed by atoms with Crippen LogP contribution in [0.5, 0.6) is 0 Å². The van der Waals surface area contributed by atoms with Gasteiger partial charge >= 0.3 is 0 Å². The first-order valence-corrected chi connectivity index (χ1v) is 10.9. The van der Waals surface area contributed by atoms with E-state index in [1.807, 2.05) is 30.5 Å². The van der Waals surface area contributed by atoms with Crippen LogP contribution < -0.4 is 0 Å². The van der Waals surface area contributed by atoms with Gasteiger partial charge in [0.15, 0.2) is 0 Å². The standard InChI is InChI=1S/C21H23N3O3S/c25-21(11-13-22-12-10-18-6-4-5-9-20(18)22)23-14-16-24(17-15-23)28(26,27)19-7-2-1-3-8-19/h1-10,12H,11,13-17H2. The third-order valence-electron chi connectivity index (χ3n) is 5.22. The van der Waals surface area contributed by atoms with E-state index in [0.717, 1.165) is 10.9 Å². The normalized spacial score (nSPS) is 15.8. The van der Waals surface area contributed by atoms with Gasteiger partial charge in [0.1, 0.15) is 0 Å². The highest BCUT2D eigenvalue weighted by Gasteiger charge is 2.29. The summed E-state index contributed by atoms with van der Waals surface area (Å²) in [5, 5.41) is 1.16. The molecule has 0 spiro atoms. The van der Waals surface area contributed by atoms with Crippen molar-refractivity contribution in [3.05, 3.63) is 66.9 Å². The van der Waals surface area contributed by atoms with Crippen LogP contribution in [0.3, 0.4) is 0 Å². The third-order valence-corrected chi connectivity index (χ3v) is 7.13.